The number of hydrogen-bond acceptors (Lipinski definition) is 6. The van der Waals surface area contributed by atoms with Gasteiger partial charge in [-0.05, 0) is 18.3 Å². The average molecular weight is 362 g/mol. The predicted molar refractivity (Wildman–Crippen MR) is 96.7 cm³/mol. The van der Waals surface area contributed by atoms with Gasteiger partial charge in [-0.15, -0.1) is 6.58 Å². The van der Waals surface area contributed by atoms with Gasteiger partial charge in [0.05, 0.1) is 26.9 Å². The Kier molecular flexibility index (Phi) is 5.76. The first-order valence-corrected chi connectivity index (χ1v) is 7.67. The quantitative estimate of drug-likeness (QED) is 0.358. The van der Waals surface area contributed by atoms with Crippen molar-refractivity contribution in [3.8, 4) is 17.2 Å². The normalized spacial score (nSPS) is 15.9. The largest absolute Gasteiger partial charge is 0.496 e. The molecular formula is C17H18N2O5S. The minimum absolute atomic E-state index is 0.0423. The molecule has 0 atom stereocenters. The molecule has 1 fully saturated rings. The molecule has 1 aliphatic heterocycles. The molecule has 0 spiro atoms. The fourth-order valence-electron chi connectivity index (χ4n) is 2.31. The predicted octanol–water partition coefficient (Wildman–Crippen LogP) is 1.53. The molecule has 0 saturated carbocycles. The minimum atomic E-state index is -0.588. The topological polar surface area (TPSA) is 77.1 Å². The summed E-state index contributed by atoms with van der Waals surface area (Å²) in [6, 6.07) is 3.26. The number of carbonyl (C=O) groups is 2. The van der Waals surface area contributed by atoms with Crippen LogP contribution < -0.4 is 19.5 Å². The van der Waals surface area contributed by atoms with Gasteiger partial charge in [0.2, 0.25) is 0 Å². The highest BCUT2D eigenvalue weighted by atomic mass is 32.1. The van der Waals surface area contributed by atoms with Crippen LogP contribution in [0.4, 0.5) is 0 Å². The van der Waals surface area contributed by atoms with Gasteiger partial charge in [0.25, 0.3) is 11.8 Å². The summed E-state index contributed by atoms with van der Waals surface area (Å²) in [6.45, 7) is 3.77. The molecule has 0 aromatic heterocycles. The lowest BCUT2D eigenvalue weighted by atomic mass is 10.1. The van der Waals surface area contributed by atoms with Crippen LogP contribution in [0.1, 0.15) is 5.56 Å². The minimum Gasteiger partial charge on any atom is -0.496 e. The van der Waals surface area contributed by atoms with E-state index in [2.05, 4.69) is 11.9 Å². The molecule has 25 heavy (non-hydrogen) atoms. The van der Waals surface area contributed by atoms with E-state index in [1.54, 1.807) is 12.1 Å². The van der Waals surface area contributed by atoms with Gasteiger partial charge in [-0.3, -0.25) is 19.8 Å². The van der Waals surface area contributed by atoms with Crippen molar-refractivity contribution >= 4 is 35.2 Å². The molecule has 8 heteroatoms. The highest BCUT2D eigenvalue weighted by Gasteiger charge is 2.33. The molecule has 132 valence electrons. The third-order valence-electron chi connectivity index (χ3n) is 3.54. The molecule has 1 aromatic rings. The van der Waals surface area contributed by atoms with Crippen molar-refractivity contribution < 1.29 is 23.8 Å². The van der Waals surface area contributed by atoms with Gasteiger partial charge in [-0.1, -0.05) is 6.08 Å². The van der Waals surface area contributed by atoms with Crippen LogP contribution in [0.15, 0.2) is 30.4 Å². The molecule has 2 amide bonds. The molecule has 1 aromatic carbocycles. The van der Waals surface area contributed by atoms with Crippen LogP contribution >= 0.6 is 12.2 Å². The van der Waals surface area contributed by atoms with E-state index in [0.29, 0.717) is 22.8 Å². The van der Waals surface area contributed by atoms with E-state index in [1.807, 2.05) is 0 Å². The summed E-state index contributed by atoms with van der Waals surface area (Å²) in [5, 5.41) is 2.53. The summed E-state index contributed by atoms with van der Waals surface area (Å²) >= 11 is 5.03. The van der Waals surface area contributed by atoms with Crippen molar-refractivity contribution in [3.63, 3.8) is 0 Å². The zero-order valence-corrected chi connectivity index (χ0v) is 14.9. The molecule has 1 aliphatic rings. The number of carbonyl (C=O) groups excluding carboxylic acids is 2. The summed E-state index contributed by atoms with van der Waals surface area (Å²) < 4.78 is 15.9. The lowest BCUT2D eigenvalue weighted by Crippen LogP contribution is -2.53. The van der Waals surface area contributed by atoms with Gasteiger partial charge in [0, 0.05) is 18.7 Å². The Hall–Kier alpha value is -2.87. The number of rotatable bonds is 6. The number of thiocarbonyl (C=S) groups is 1. The maximum atomic E-state index is 12.6. The van der Waals surface area contributed by atoms with Gasteiger partial charge < -0.3 is 14.2 Å². The van der Waals surface area contributed by atoms with Crippen LogP contribution in [-0.2, 0) is 9.59 Å². The zero-order valence-electron chi connectivity index (χ0n) is 14.1. The van der Waals surface area contributed by atoms with Crippen molar-refractivity contribution in [2.45, 2.75) is 0 Å². The number of benzene rings is 1. The number of nitrogens with one attached hydrogen (secondary N) is 1. The Morgan fingerprint density at radius 1 is 1.16 bits per heavy atom. The van der Waals surface area contributed by atoms with Crippen molar-refractivity contribution in [1.29, 1.82) is 0 Å². The van der Waals surface area contributed by atoms with Crippen molar-refractivity contribution in [1.82, 2.24) is 10.2 Å². The van der Waals surface area contributed by atoms with Crippen molar-refractivity contribution in [3.05, 3.63) is 35.9 Å². The van der Waals surface area contributed by atoms with Crippen LogP contribution in [-0.4, -0.2) is 49.7 Å². The summed E-state index contributed by atoms with van der Waals surface area (Å²) in [5.41, 5.74) is 0.355. The van der Waals surface area contributed by atoms with E-state index in [9.17, 15) is 9.59 Å². The molecule has 1 heterocycles. The number of nitrogens with zero attached hydrogens (tertiary/aromatic N) is 1. The summed E-state index contributed by atoms with van der Waals surface area (Å²) in [5.74, 6) is 0.203. The second-order valence-electron chi connectivity index (χ2n) is 4.97. The van der Waals surface area contributed by atoms with Crippen LogP contribution in [0.5, 0.6) is 17.2 Å². The molecular weight excluding hydrogens is 344 g/mol. The van der Waals surface area contributed by atoms with E-state index >= 15 is 0 Å². The maximum absolute atomic E-state index is 12.6. The lowest BCUT2D eigenvalue weighted by molar-refractivity contribution is -0.128. The molecule has 1 N–H and O–H groups in total. The highest BCUT2D eigenvalue weighted by Crippen LogP contribution is 2.36. The second kappa shape index (κ2) is 7.80. The van der Waals surface area contributed by atoms with Gasteiger partial charge in [-0.2, -0.15) is 0 Å². The first-order chi connectivity index (χ1) is 12.0. The SMILES string of the molecule is C=CCN1C(=O)C(=Cc2c(OC)cc(OC)cc2OC)C(=O)NC1=S. The summed E-state index contributed by atoms with van der Waals surface area (Å²) in [7, 11) is 4.45. The molecule has 0 unspecified atom stereocenters. The van der Waals surface area contributed by atoms with E-state index in [-0.39, 0.29) is 17.2 Å². The summed E-state index contributed by atoms with van der Waals surface area (Å²) in [6.07, 6.45) is 2.93. The second-order valence-corrected chi connectivity index (χ2v) is 5.35. The van der Waals surface area contributed by atoms with Gasteiger partial charge >= 0.3 is 0 Å². The van der Waals surface area contributed by atoms with Gasteiger partial charge in [-0.25, -0.2) is 0 Å². The van der Waals surface area contributed by atoms with Crippen LogP contribution in [0, 0.1) is 0 Å². The Morgan fingerprint density at radius 2 is 1.76 bits per heavy atom. The van der Waals surface area contributed by atoms with Gasteiger partial charge in [0.1, 0.15) is 22.8 Å². The fourth-order valence-corrected chi connectivity index (χ4v) is 2.56. The van der Waals surface area contributed by atoms with Crippen molar-refractivity contribution in [2.24, 2.45) is 0 Å². The van der Waals surface area contributed by atoms with Gasteiger partial charge in [0.15, 0.2) is 5.11 Å². The molecule has 0 radical (unpaired) electrons. The molecule has 7 nitrogen and oxygen atoms in total. The maximum Gasteiger partial charge on any atom is 0.265 e. The molecule has 1 saturated heterocycles. The van der Waals surface area contributed by atoms with Crippen LogP contribution in [0.25, 0.3) is 6.08 Å². The monoisotopic (exact) mass is 362 g/mol. The Balaban J connectivity index is 2.57. The average Bonchev–Trinajstić information content (AvgIpc) is 2.61. The first-order valence-electron chi connectivity index (χ1n) is 7.26. The summed E-state index contributed by atoms with van der Waals surface area (Å²) in [4.78, 5) is 26.1. The number of hydrogen-bond donors (Lipinski definition) is 1. The number of amides is 2. The zero-order chi connectivity index (χ0) is 18.6. The molecule has 2 rings (SSSR count). The smallest absolute Gasteiger partial charge is 0.265 e. The Morgan fingerprint density at radius 3 is 2.24 bits per heavy atom. The van der Waals surface area contributed by atoms with E-state index in [1.165, 1.54) is 38.4 Å². The number of methoxy groups -OCH3 is 3. The standard InChI is InChI=1S/C17H18N2O5S/c1-5-6-19-16(21)12(15(20)18-17(19)25)9-11-13(23-3)7-10(22-2)8-14(11)24-4/h5,7-9H,1,6H2,2-4H3,(H,18,20,25). The van der Waals surface area contributed by atoms with Crippen molar-refractivity contribution in [2.75, 3.05) is 27.9 Å². The third kappa shape index (κ3) is 3.63. The number of ether oxygens (including phenoxy) is 3. The first kappa shape index (κ1) is 18.5. The molecule has 0 aliphatic carbocycles. The Labute approximate surface area is 150 Å². The third-order valence-corrected chi connectivity index (χ3v) is 3.86. The highest BCUT2D eigenvalue weighted by molar-refractivity contribution is 7.80. The van der Waals surface area contributed by atoms with Crippen LogP contribution in [0.3, 0.4) is 0 Å². The van der Waals surface area contributed by atoms with E-state index in [0.717, 1.165) is 0 Å². The molecule has 0 bridgehead atoms. The van der Waals surface area contributed by atoms with E-state index in [4.69, 9.17) is 26.4 Å². The lowest BCUT2D eigenvalue weighted by Gasteiger charge is -2.28. The fraction of sp³-hybridized carbons (Fsp3) is 0.235. The van der Waals surface area contributed by atoms with Crippen LogP contribution in [0.2, 0.25) is 0 Å². The Bertz CT molecular complexity index is 747. The van der Waals surface area contributed by atoms with E-state index < -0.39 is 11.8 Å².